The first-order valence-corrected chi connectivity index (χ1v) is 8.43. The van der Waals surface area contributed by atoms with Crippen molar-refractivity contribution in [2.45, 2.75) is 0 Å². The molecule has 0 fully saturated rings. The van der Waals surface area contributed by atoms with E-state index in [2.05, 4.69) is 26.5 Å². The number of nitrogens with zero attached hydrogens (tertiary/aromatic N) is 1. The highest BCUT2D eigenvalue weighted by Gasteiger charge is 2.09. The topological polar surface area (TPSA) is 69.2 Å². The highest BCUT2D eigenvalue weighted by atomic mass is 79.9. The minimum atomic E-state index is -0.336. The Morgan fingerprint density at radius 3 is 2.38 bits per heavy atom. The van der Waals surface area contributed by atoms with Crippen LogP contribution in [0.1, 0.15) is 11.1 Å². The Bertz CT molecular complexity index is 817. The van der Waals surface area contributed by atoms with Crippen molar-refractivity contribution >= 4 is 34.1 Å². The van der Waals surface area contributed by atoms with Gasteiger partial charge in [-0.1, -0.05) is 12.1 Å². The van der Waals surface area contributed by atoms with Crippen LogP contribution in [0.25, 0.3) is 6.08 Å². The lowest BCUT2D eigenvalue weighted by atomic mass is 10.2. The van der Waals surface area contributed by atoms with Gasteiger partial charge in [-0.05, 0) is 57.4 Å². The molecule has 0 aromatic heterocycles. The molecule has 0 atom stereocenters. The zero-order chi connectivity index (χ0) is 18.9. The molecule has 0 aliphatic carbocycles. The molecule has 0 saturated heterocycles. The van der Waals surface area contributed by atoms with E-state index in [1.54, 1.807) is 33.5 Å². The molecule has 1 N–H and O–H groups in total. The summed E-state index contributed by atoms with van der Waals surface area (Å²) in [6, 6.07) is 10.9. The third-order valence-electron chi connectivity index (χ3n) is 3.39. The summed E-state index contributed by atoms with van der Waals surface area (Å²) in [6.07, 6.45) is 4.62. The Labute approximate surface area is 160 Å². The number of amides is 1. The summed E-state index contributed by atoms with van der Waals surface area (Å²) >= 11 is 3.41. The van der Waals surface area contributed by atoms with Crippen LogP contribution in [0.2, 0.25) is 0 Å². The molecule has 0 aliphatic heterocycles. The Hall–Kier alpha value is -2.80. The zero-order valence-corrected chi connectivity index (χ0v) is 16.2. The summed E-state index contributed by atoms with van der Waals surface area (Å²) in [6.45, 7) is 0. The Balaban J connectivity index is 1.98. The summed E-state index contributed by atoms with van der Waals surface area (Å²) in [4.78, 5) is 11.8. The molecule has 6 nitrogen and oxygen atoms in total. The molecule has 0 spiro atoms. The van der Waals surface area contributed by atoms with Crippen LogP contribution < -0.4 is 19.6 Å². The van der Waals surface area contributed by atoms with Crippen molar-refractivity contribution < 1.29 is 19.0 Å². The van der Waals surface area contributed by atoms with Crippen LogP contribution in [0.5, 0.6) is 17.2 Å². The van der Waals surface area contributed by atoms with Crippen LogP contribution in [-0.2, 0) is 4.79 Å². The number of halogens is 1. The molecule has 26 heavy (non-hydrogen) atoms. The van der Waals surface area contributed by atoms with Crippen molar-refractivity contribution in [1.82, 2.24) is 5.43 Å². The second kappa shape index (κ2) is 9.62. The standard InChI is InChI=1S/C19H19BrN2O4/c1-24-15-7-4-13(5-8-15)6-9-18(23)22-21-12-14-10-16(20)19(26-3)17(11-14)25-2/h4-12H,1-3H3,(H,22,23)/b9-6+,21-12-. The maximum absolute atomic E-state index is 11.8. The van der Waals surface area contributed by atoms with Crippen molar-refractivity contribution in [3.63, 3.8) is 0 Å². The number of hydrazone groups is 1. The van der Waals surface area contributed by atoms with Crippen molar-refractivity contribution in [3.8, 4) is 17.2 Å². The first-order chi connectivity index (χ1) is 12.6. The van der Waals surface area contributed by atoms with Crippen molar-refractivity contribution in [2.75, 3.05) is 21.3 Å². The van der Waals surface area contributed by atoms with E-state index in [1.807, 2.05) is 30.3 Å². The molecule has 0 unspecified atom stereocenters. The minimum absolute atomic E-state index is 0.336. The third-order valence-corrected chi connectivity index (χ3v) is 3.98. The van der Waals surface area contributed by atoms with Gasteiger partial charge in [0.2, 0.25) is 0 Å². The second-order valence-electron chi connectivity index (χ2n) is 5.08. The van der Waals surface area contributed by atoms with Gasteiger partial charge in [0, 0.05) is 6.08 Å². The summed E-state index contributed by atoms with van der Waals surface area (Å²) in [7, 11) is 4.72. The second-order valence-corrected chi connectivity index (χ2v) is 5.93. The monoisotopic (exact) mass is 418 g/mol. The average molecular weight is 419 g/mol. The van der Waals surface area contributed by atoms with Crippen LogP contribution in [0.15, 0.2) is 52.0 Å². The van der Waals surface area contributed by atoms with Crippen LogP contribution in [0.3, 0.4) is 0 Å². The highest BCUT2D eigenvalue weighted by Crippen LogP contribution is 2.35. The van der Waals surface area contributed by atoms with Crippen LogP contribution in [-0.4, -0.2) is 33.5 Å². The Kier molecular flexibility index (Phi) is 7.23. The number of nitrogens with one attached hydrogen (secondary N) is 1. The molecule has 7 heteroatoms. The van der Waals surface area contributed by atoms with Gasteiger partial charge in [0.25, 0.3) is 5.91 Å². The number of hydrogen-bond donors (Lipinski definition) is 1. The SMILES string of the molecule is COc1ccc(/C=C/C(=O)N/N=C\c2cc(Br)c(OC)c(OC)c2)cc1. The van der Waals surface area contributed by atoms with Gasteiger partial charge in [-0.2, -0.15) is 5.10 Å². The predicted molar refractivity (Wildman–Crippen MR) is 105 cm³/mol. The molecule has 0 bridgehead atoms. The van der Waals surface area contributed by atoms with E-state index in [1.165, 1.54) is 12.3 Å². The fourth-order valence-corrected chi connectivity index (χ4v) is 2.73. The van der Waals surface area contributed by atoms with Gasteiger partial charge < -0.3 is 14.2 Å². The van der Waals surface area contributed by atoms with Gasteiger partial charge >= 0.3 is 0 Å². The quantitative estimate of drug-likeness (QED) is 0.423. The van der Waals surface area contributed by atoms with E-state index >= 15 is 0 Å². The molecule has 2 rings (SSSR count). The van der Waals surface area contributed by atoms with E-state index in [0.717, 1.165) is 21.3 Å². The van der Waals surface area contributed by atoms with Gasteiger partial charge in [0.15, 0.2) is 11.5 Å². The lowest BCUT2D eigenvalue weighted by molar-refractivity contribution is -0.116. The summed E-state index contributed by atoms with van der Waals surface area (Å²) in [5.74, 6) is 1.58. The maximum Gasteiger partial charge on any atom is 0.264 e. The molecular formula is C19H19BrN2O4. The molecule has 1 amide bonds. The summed E-state index contributed by atoms with van der Waals surface area (Å²) in [5.41, 5.74) is 4.07. The van der Waals surface area contributed by atoms with Crippen LogP contribution >= 0.6 is 15.9 Å². The van der Waals surface area contributed by atoms with E-state index in [0.29, 0.717) is 11.5 Å². The molecule has 2 aromatic carbocycles. The zero-order valence-electron chi connectivity index (χ0n) is 14.7. The number of carbonyl (C=O) groups is 1. The predicted octanol–water partition coefficient (Wildman–Crippen LogP) is 3.64. The third kappa shape index (κ3) is 5.35. The van der Waals surface area contributed by atoms with Crippen molar-refractivity contribution in [3.05, 3.63) is 58.1 Å². The van der Waals surface area contributed by atoms with Gasteiger partial charge in [0.1, 0.15) is 5.75 Å². The lowest BCUT2D eigenvalue weighted by Crippen LogP contribution is -2.14. The minimum Gasteiger partial charge on any atom is -0.497 e. The molecule has 0 heterocycles. The van der Waals surface area contributed by atoms with Crippen molar-refractivity contribution in [2.24, 2.45) is 5.10 Å². The molecular weight excluding hydrogens is 400 g/mol. The smallest absolute Gasteiger partial charge is 0.264 e. The van der Waals surface area contributed by atoms with E-state index in [4.69, 9.17) is 14.2 Å². The van der Waals surface area contributed by atoms with Crippen LogP contribution in [0, 0.1) is 0 Å². The molecule has 136 valence electrons. The number of rotatable bonds is 7. The van der Waals surface area contributed by atoms with Crippen molar-refractivity contribution in [1.29, 1.82) is 0 Å². The first kappa shape index (κ1) is 19.5. The normalized spacial score (nSPS) is 10.9. The molecule has 0 aliphatic rings. The Morgan fingerprint density at radius 1 is 1.04 bits per heavy atom. The van der Waals surface area contributed by atoms with Gasteiger partial charge in [-0.25, -0.2) is 5.43 Å². The van der Waals surface area contributed by atoms with E-state index < -0.39 is 0 Å². The number of methoxy groups -OCH3 is 3. The number of hydrogen-bond acceptors (Lipinski definition) is 5. The molecule has 0 radical (unpaired) electrons. The number of ether oxygens (including phenoxy) is 3. The van der Waals surface area contributed by atoms with Crippen LogP contribution in [0.4, 0.5) is 0 Å². The maximum atomic E-state index is 11.8. The Morgan fingerprint density at radius 2 is 1.77 bits per heavy atom. The van der Waals surface area contributed by atoms with E-state index in [9.17, 15) is 4.79 Å². The first-order valence-electron chi connectivity index (χ1n) is 7.64. The summed E-state index contributed by atoms with van der Waals surface area (Å²) in [5, 5.41) is 3.94. The van der Waals surface area contributed by atoms with E-state index in [-0.39, 0.29) is 5.91 Å². The molecule has 2 aromatic rings. The fraction of sp³-hybridized carbons (Fsp3) is 0.158. The average Bonchev–Trinajstić information content (AvgIpc) is 2.66. The van der Waals surface area contributed by atoms with Gasteiger partial charge in [0.05, 0.1) is 32.0 Å². The fourth-order valence-electron chi connectivity index (χ4n) is 2.11. The highest BCUT2D eigenvalue weighted by molar-refractivity contribution is 9.10. The largest absolute Gasteiger partial charge is 0.497 e. The number of carbonyl (C=O) groups excluding carboxylic acids is 1. The number of benzene rings is 2. The lowest BCUT2D eigenvalue weighted by Gasteiger charge is -2.10. The molecule has 0 saturated carbocycles. The summed E-state index contributed by atoms with van der Waals surface area (Å²) < 4.78 is 16.3. The van der Waals surface area contributed by atoms with Gasteiger partial charge in [-0.3, -0.25) is 4.79 Å². The van der Waals surface area contributed by atoms with Gasteiger partial charge in [-0.15, -0.1) is 0 Å².